The number of benzene rings is 2. The molecular weight excluding hydrogens is 378 g/mol. The van der Waals surface area contributed by atoms with Gasteiger partial charge in [-0.2, -0.15) is 0 Å². The molecule has 28 heavy (non-hydrogen) atoms. The van der Waals surface area contributed by atoms with Crippen molar-refractivity contribution >= 4 is 28.5 Å². The number of para-hydroxylation sites is 2. The molecule has 148 valence electrons. The number of aromatic nitrogens is 2. The molecule has 7 heteroatoms. The monoisotopic (exact) mass is 401 g/mol. The SMILES string of the molecule is COCC(=O)NCc1nc2ccccc2n1CCCOc1ccc(Cl)c(C)c1. The molecule has 6 nitrogen and oxygen atoms in total. The van der Waals surface area contributed by atoms with Gasteiger partial charge in [-0.15, -0.1) is 0 Å². The van der Waals surface area contributed by atoms with Crippen LogP contribution >= 0.6 is 11.6 Å². The Morgan fingerprint density at radius 3 is 2.86 bits per heavy atom. The van der Waals surface area contributed by atoms with E-state index in [9.17, 15) is 4.79 Å². The Morgan fingerprint density at radius 2 is 2.07 bits per heavy atom. The van der Waals surface area contributed by atoms with Gasteiger partial charge in [0.1, 0.15) is 18.2 Å². The summed E-state index contributed by atoms with van der Waals surface area (Å²) in [6.45, 7) is 3.66. The van der Waals surface area contributed by atoms with E-state index < -0.39 is 0 Å². The summed E-state index contributed by atoms with van der Waals surface area (Å²) < 4.78 is 12.8. The maximum atomic E-state index is 11.7. The fourth-order valence-corrected chi connectivity index (χ4v) is 3.11. The Hall–Kier alpha value is -2.57. The zero-order valence-corrected chi connectivity index (χ0v) is 16.8. The summed E-state index contributed by atoms with van der Waals surface area (Å²) in [5, 5.41) is 3.57. The lowest BCUT2D eigenvalue weighted by atomic mass is 10.2. The maximum absolute atomic E-state index is 11.7. The molecule has 1 aromatic heterocycles. The number of aryl methyl sites for hydroxylation is 2. The van der Waals surface area contributed by atoms with Crippen LogP contribution in [0.3, 0.4) is 0 Å². The average molecular weight is 402 g/mol. The molecule has 0 aliphatic heterocycles. The summed E-state index contributed by atoms with van der Waals surface area (Å²) in [7, 11) is 1.50. The number of carbonyl (C=O) groups excluding carboxylic acids is 1. The molecule has 0 atom stereocenters. The molecular formula is C21H24ClN3O3. The van der Waals surface area contributed by atoms with Crippen molar-refractivity contribution in [2.75, 3.05) is 20.3 Å². The van der Waals surface area contributed by atoms with Crippen molar-refractivity contribution in [3.05, 3.63) is 58.9 Å². The predicted octanol–water partition coefficient (Wildman–Crippen LogP) is 3.73. The van der Waals surface area contributed by atoms with Crippen LogP contribution in [-0.2, 0) is 22.6 Å². The molecule has 2 aromatic carbocycles. The summed E-state index contributed by atoms with van der Waals surface area (Å²) in [6.07, 6.45) is 0.807. The van der Waals surface area contributed by atoms with Gasteiger partial charge in [0.2, 0.25) is 5.91 Å². The Morgan fingerprint density at radius 1 is 1.25 bits per heavy atom. The zero-order chi connectivity index (χ0) is 19.9. The minimum Gasteiger partial charge on any atom is -0.494 e. The highest BCUT2D eigenvalue weighted by Gasteiger charge is 2.11. The second kappa shape index (κ2) is 9.57. The van der Waals surface area contributed by atoms with Crippen LogP contribution in [0.5, 0.6) is 5.75 Å². The Kier molecular flexibility index (Phi) is 6.90. The van der Waals surface area contributed by atoms with Crippen molar-refractivity contribution in [2.24, 2.45) is 0 Å². The highest BCUT2D eigenvalue weighted by Crippen LogP contribution is 2.21. The first-order chi connectivity index (χ1) is 13.6. The van der Waals surface area contributed by atoms with Crippen LogP contribution in [0.25, 0.3) is 11.0 Å². The van der Waals surface area contributed by atoms with E-state index in [1.807, 2.05) is 49.4 Å². The molecule has 3 rings (SSSR count). The fraction of sp³-hybridized carbons (Fsp3) is 0.333. The number of amides is 1. The van der Waals surface area contributed by atoms with E-state index >= 15 is 0 Å². The first-order valence-corrected chi connectivity index (χ1v) is 9.55. The Bertz CT molecular complexity index is 955. The van der Waals surface area contributed by atoms with Crippen LogP contribution in [0.4, 0.5) is 0 Å². The van der Waals surface area contributed by atoms with E-state index in [0.29, 0.717) is 13.2 Å². The van der Waals surface area contributed by atoms with Gasteiger partial charge in [-0.1, -0.05) is 23.7 Å². The van der Waals surface area contributed by atoms with Gasteiger partial charge in [-0.25, -0.2) is 4.98 Å². The summed E-state index contributed by atoms with van der Waals surface area (Å²) >= 11 is 6.05. The first-order valence-electron chi connectivity index (χ1n) is 9.17. The highest BCUT2D eigenvalue weighted by molar-refractivity contribution is 6.31. The number of rotatable bonds is 9. The molecule has 1 heterocycles. The van der Waals surface area contributed by atoms with E-state index in [1.165, 1.54) is 7.11 Å². The van der Waals surface area contributed by atoms with Gasteiger partial charge in [0, 0.05) is 18.7 Å². The van der Waals surface area contributed by atoms with Crippen molar-refractivity contribution in [2.45, 2.75) is 26.4 Å². The van der Waals surface area contributed by atoms with Crippen LogP contribution < -0.4 is 10.1 Å². The largest absolute Gasteiger partial charge is 0.494 e. The van der Waals surface area contributed by atoms with E-state index in [1.54, 1.807) is 0 Å². The molecule has 0 unspecified atom stereocenters. The molecule has 1 N–H and O–H groups in total. The van der Waals surface area contributed by atoms with E-state index in [0.717, 1.165) is 46.2 Å². The number of ether oxygens (including phenoxy) is 2. The number of hydrogen-bond acceptors (Lipinski definition) is 4. The Balaban J connectivity index is 1.64. The lowest BCUT2D eigenvalue weighted by molar-refractivity contribution is -0.124. The maximum Gasteiger partial charge on any atom is 0.246 e. The molecule has 0 spiro atoms. The molecule has 0 saturated heterocycles. The lowest BCUT2D eigenvalue weighted by Gasteiger charge is -2.11. The molecule has 3 aromatic rings. The molecule has 0 aliphatic rings. The zero-order valence-electron chi connectivity index (χ0n) is 16.1. The third-order valence-corrected chi connectivity index (χ3v) is 4.80. The number of methoxy groups -OCH3 is 1. The van der Waals surface area contributed by atoms with Gasteiger partial charge in [-0.3, -0.25) is 4.79 Å². The molecule has 0 saturated carbocycles. The van der Waals surface area contributed by atoms with Crippen LogP contribution in [0.1, 0.15) is 17.8 Å². The second-order valence-electron chi connectivity index (χ2n) is 6.49. The lowest BCUT2D eigenvalue weighted by Crippen LogP contribution is -2.28. The van der Waals surface area contributed by atoms with Gasteiger partial charge in [-0.05, 0) is 49.2 Å². The number of carbonyl (C=O) groups is 1. The molecule has 0 aliphatic carbocycles. The third kappa shape index (κ3) is 5.03. The van der Waals surface area contributed by atoms with Crippen LogP contribution in [-0.4, -0.2) is 35.8 Å². The van der Waals surface area contributed by atoms with Crippen LogP contribution in [0.15, 0.2) is 42.5 Å². The number of imidazole rings is 1. The average Bonchev–Trinajstić information content (AvgIpc) is 3.04. The van der Waals surface area contributed by atoms with Crippen LogP contribution in [0, 0.1) is 6.92 Å². The van der Waals surface area contributed by atoms with Crippen molar-refractivity contribution in [1.82, 2.24) is 14.9 Å². The summed E-state index contributed by atoms with van der Waals surface area (Å²) in [6, 6.07) is 13.6. The van der Waals surface area contributed by atoms with Crippen molar-refractivity contribution in [3.63, 3.8) is 0 Å². The number of nitrogens with one attached hydrogen (secondary N) is 1. The number of hydrogen-bond donors (Lipinski definition) is 1. The molecule has 1 amide bonds. The highest BCUT2D eigenvalue weighted by atomic mass is 35.5. The smallest absolute Gasteiger partial charge is 0.246 e. The Labute approximate surface area is 169 Å². The third-order valence-electron chi connectivity index (χ3n) is 4.38. The van der Waals surface area contributed by atoms with Gasteiger partial charge in [0.25, 0.3) is 0 Å². The van der Waals surface area contributed by atoms with Gasteiger partial charge >= 0.3 is 0 Å². The van der Waals surface area contributed by atoms with E-state index in [-0.39, 0.29) is 12.5 Å². The fourth-order valence-electron chi connectivity index (χ4n) is 2.99. The van der Waals surface area contributed by atoms with Crippen LogP contribution in [0.2, 0.25) is 5.02 Å². The minimum atomic E-state index is -0.164. The van der Waals surface area contributed by atoms with Crippen molar-refractivity contribution < 1.29 is 14.3 Å². The molecule has 0 fully saturated rings. The van der Waals surface area contributed by atoms with Crippen molar-refractivity contribution in [1.29, 1.82) is 0 Å². The van der Waals surface area contributed by atoms with Gasteiger partial charge in [0.15, 0.2) is 0 Å². The standard InChI is InChI=1S/C21H24ClN3O3/c1-15-12-16(8-9-17(15)22)28-11-5-10-25-19-7-4-3-6-18(19)24-20(25)13-23-21(26)14-27-2/h3-4,6-9,12H,5,10-11,13-14H2,1-2H3,(H,23,26). The quantitative estimate of drug-likeness (QED) is 0.555. The summed E-state index contributed by atoms with van der Waals surface area (Å²) in [4.78, 5) is 16.4. The normalized spacial score (nSPS) is 11.0. The molecule has 0 radical (unpaired) electrons. The van der Waals surface area contributed by atoms with Crippen molar-refractivity contribution in [3.8, 4) is 5.75 Å². The van der Waals surface area contributed by atoms with Gasteiger partial charge < -0.3 is 19.4 Å². The number of fused-ring (bicyclic) bond motifs is 1. The summed E-state index contributed by atoms with van der Waals surface area (Å²) in [5.41, 5.74) is 2.95. The number of halogens is 1. The topological polar surface area (TPSA) is 65.4 Å². The second-order valence-corrected chi connectivity index (χ2v) is 6.90. The summed E-state index contributed by atoms with van der Waals surface area (Å²) in [5.74, 6) is 1.46. The predicted molar refractivity (Wildman–Crippen MR) is 110 cm³/mol. The van der Waals surface area contributed by atoms with E-state index in [2.05, 4.69) is 14.9 Å². The van der Waals surface area contributed by atoms with E-state index in [4.69, 9.17) is 21.1 Å². The minimum absolute atomic E-state index is 0.0363. The van der Waals surface area contributed by atoms with Gasteiger partial charge in [0.05, 0.1) is 24.2 Å². The number of nitrogens with zero attached hydrogens (tertiary/aromatic N) is 2. The molecule has 0 bridgehead atoms. The first kappa shape index (κ1) is 20.2.